The second kappa shape index (κ2) is 4.55. The molecule has 0 aliphatic rings. The van der Waals surface area contributed by atoms with Crippen LogP contribution in [0.4, 0.5) is 0 Å². The molecule has 2 aromatic rings. The largest absolute Gasteiger partial charge is 0.365 e. The van der Waals surface area contributed by atoms with Gasteiger partial charge in [-0.3, -0.25) is 9.59 Å². The number of para-hydroxylation sites is 1. The maximum absolute atomic E-state index is 11.8. The Morgan fingerprint density at radius 1 is 1.39 bits per heavy atom. The number of primary amides is 1. The molecule has 5 heteroatoms. The van der Waals surface area contributed by atoms with Crippen LogP contribution in [-0.2, 0) is 4.79 Å². The number of pyridine rings is 1. The number of carbonyl (C=O) groups is 1. The van der Waals surface area contributed by atoms with Gasteiger partial charge in [0.25, 0.3) is 5.91 Å². The first-order valence-corrected chi connectivity index (χ1v) is 5.15. The number of nitrogens with two attached hydrogens (primary N) is 1. The number of hydrogen-bond donors (Lipinski definition) is 2. The Morgan fingerprint density at radius 2 is 2.11 bits per heavy atom. The molecule has 3 N–H and O–H groups in total. The fraction of sp³-hybridized carbons (Fsp3) is 0. The van der Waals surface area contributed by atoms with Crippen molar-refractivity contribution in [3.8, 4) is 6.07 Å². The van der Waals surface area contributed by atoms with Crippen LogP contribution >= 0.6 is 0 Å². The zero-order valence-corrected chi connectivity index (χ0v) is 9.31. The van der Waals surface area contributed by atoms with E-state index in [1.165, 1.54) is 12.1 Å². The molecule has 1 aromatic carbocycles. The van der Waals surface area contributed by atoms with Crippen LogP contribution in [-0.4, -0.2) is 10.9 Å². The van der Waals surface area contributed by atoms with Crippen LogP contribution in [0.1, 0.15) is 5.69 Å². The number of rotatable bonds is 2. The molecule has 0 unspecified atom stereocenters. The Hall–Kier alpha value is -2.87. The van der Waals surface area contributed by atoms with E-state index in [1.54, 1.807) is 30.3 Å². The van der Waals surface area contributed by atoms with E-state index in [4.69, 9.17) is 11.0 Å². The summed E-state index contributed by atoms with van der Waals surface area (Å²) in [6, 6.07) is 9.98. The van der Waals surface area contributed by atoms with Crippen molar-refractivity contribution in [1.29, 1.82) is 5.26 Å². The van der Waals surface area contributed by atoms with Gasteiger partial charge in [0.2, 0.25) is 0 Å². The van der Waals surface area contributed by atoms with E-state index in [9.17, 15) is 9.59 Å². The van der Waals surface area contributed by atoms with Gasteiger partial charge in [0.1, 0.15) is 11.6 Å². The highest BCUT2D eigenvalue weighted by atomic mass is 16.1. The molecule has 0 aliphatic heterocycles. The normalized spacial score (nSPS) is 11.2. The third-order valence-corrected chi connectivity index (χ3v) is 2.44. The number of aromatic nitrogens is 1. The summed E-state index contributed by atoms with van der Waals surface area (Å²) in [5, 5.41) is 9.28. The molecule has 18 heavy (non-hydrogen) atoms. The van der Waals surface area contributed by atoms with Crippen LogP contribution in [0, 0.1) is 11.3 Å². The van der Waals surface area contributed by atoms with Gasteiger partial charge in [0.15, 0.2) is 5.43 Å². The fourth-order valence-electron chi connectivity index (χ4n) is 1.61. The number of nitrogens with zero attached hydrogens (tertiary/aromatic N) is 1. The monoisotopic (exact) mass is 239 g/mol. The predicted octanol–water partition coefficient (Wildman–Crippen LogP) is 0.920. The van der Waals surface area contributed by atoms with Crippen LogP contribution in [0.25, 0.3) is 17.0 Å². The van der Waals surface area contributed by atoms with Crippen LogP contribution < -0.4 is 11.2 Å². The molecule has 1 heterocycles. The Morgan fingerprint density at radius 3 is 2.78 bits per heavy atom. The average Bonchev–Trinajstić information content (AvgIpc) is 2.35. The topological polar surface area (TPSA) is 99.7 Å². The van der Waals surface area contributed by atoms with E-state index < -0.39 is 5.91 Å². The molecule has 1 amide bonds. The Labute approximate surface area is 102 Å². The van der Waals surface area contributed by atoms with Crippen molar-refractivity contribution in [2.45, 2.75) is 0 Å². The molecule has 0 aliphatic carbocycles. The van der Waals surface area contributed by atoms with Gasteiger partial charge in [0, 0.05) is 22.7 Å². The van der Waals surface area contributed by atoms with Crippen LogP contribution in [0.3, 0.4) is 0 Å². The summed E-state index contributed by atoms with van der Waals surface area (Å²) in [5.74, 6) is -0.827. The van der Waals surface area contributed by atoms with E-state index in [-0.39, 0.29) is 11.0 Å². The van der Waals surface area contributed by atoms with Crippen molar-refractivity contribution in [3.05, 3.63) is 51.8 Å². The molecule has 2 rings (SSSR count). The van der Waals surface area contributed by atoms with Gasteiger partial charge in [-0.25, -0.2) is 0 Å². The number of H-pyrrole nitrogens is 1. The Kier molecular flexibility index (Phi) is 2.94. The second-order valence-corrected chi connectivity index (χ2v) is 3.67. The molecule has 0 radical (unpaired) electrons. The lowest BCUT2D eigenvalue weighted by Crippen LogP contribution is -2.13. The average molecular weight is 239 g/mol. The Bertz CT molecular complexity index is 751. The van der Waals surface area contributed by atoms with Crippen molar-refractivity contribution >= 4 is 22.9 Å². The molecule has 0 bridgehead atoms. The highest BCUT2D eigenvalue weighted by Crippen LogP contribution is 2.09. The van der Waals surface area contributed by atoms with Gasteiger partial charge in [-0.2, -0.15) is 5.26 Å². The molecule has 0 saturated heterocycles. The first-order valence-electron chi connectivity index (χ1n) is 5.15. The third-order valence-electron chi connectivity index (χ3n) is 2.44. The van der Waals surface area contributed by atoms with Crippen molar-refractivity contribution in [3.63, 3.8) is 0 Å². The minimum absolute atomic E-state index is 0.183. The summed E-state index contributed by atoms with van der Waals surface area (Å²) < 4.78 is 0. The molecular weight excluding hydrogens is 230 g/mol. The molecule has 88 valence electrons. The molecule has 0 fully saturated rings. The molecule has 5 nitrogen and oxygen atoms in total. The highest BCUT2D eigenvalue weighted by molar-refractivity contribution is 6.00. The van der Waals surface area contributed by atoms with Gasteiger partial charge in [-0.05, 0) is 18.2 Å². The zero-order chi connectivity index (χ0) is 13.1. The predicted molar refractivity (Wildman–Crippen MR) is 67.4 cm³/mol. The van der Waals surface area contributed by atoms with E-state index in [2.05, 4.69) is 4.98 Å². The summed E-state index contributed by atoms with van der Waals surface area (Å²) in [7, 11) is 0. The number of carbonyl (C=O) groups excluding carboxylic acids is 1. The van der Waals surface area contributed by atoms with Gasteiger partial charge in [0.05, 0.1) is 0 Å². The summed E-state index contributed by atoms with van der Waals surface area (Å²) in [5.41, 5.74) is 5.64. The smallest absolute Gasteiger partial charge is 0.259 e. The first-order chi connectivity index (χ1) is 8.61. The molecular formula is C13H9N3O2. The van der Waals surface area contributed by atoms with Gasteiger partial charge in [-0.15, -0.1) is 0 Å². The zero-order valence-electron chi connectivity index (χ0n) is 9.31. The van der Waals surface area contributed by atoms with Crippen LogP contribution in [0.15, 0.2) is 40.7 Å². The van der Waals surface area contributed by atoms with Gasteiger partial charge in [-0.1, -0.05) is 12.1 Å². The van der Waals surface area contributed by atoms with Crippen molar-refractivity contribution in [1.82, 2.24) is 4.98 Å². The highest BCUT2D eigenvalue weighted by Gasteiger charge is 2.05. The molecule has 1 aromatic heterocycles. The minimum atomic E-state index is -0.827. The van der Waals surface area contributed by atoms with Crippen LogP contribution in [0.2, 0.25) is 0 Å². The SMILES string of the molecule is N#CC(=Cc1cc(=O)c2ccccc2[nH]1)C(N)=O. The maximum atomic E-state index is 11.8. The van der Waals surface area contributed by atoms with E-state index in [0.717, 1.165) is 0 Å². The first kappa shape index (κ1) is 11.6. The van der Waals surface area contributed by atoms with Crippen LogP contribution in [0.5, 0.6) is 0 Å². The molecule has 0 spiro atoms. The number of hydrogen-bond acceptors (Lipinski definition) is 3. The number of aromatic amines is 1. The van der Waals surface area contributed by atoms with Crippen molar-refractivity contribution in [2.24, 2.45) is 5.73 Å². The fourth-order valence-corrected chi connectivity index (χ4v) is 1.61. The van der Waals surface area contributed by atoms with Gasteiger partial charge >= 0.3 is 0 Å². The summed E-state index contributed by atoms with van der Waals surface area (Å²) in [6.45, 7) is 0. The second-order valence-electron chi connectivity index (χ2n) is 3.67. The summed E-state index contributed by atoms with van der Waals surface area (Å²) in [6.07, 6.45) is 1.26. The van der Waals surface area contributed by atoms with E-state index in [0.29, 0.717) is 16.6 Å². The maximum Gasteiger partial charge on any atom is 0.259 e. The quantitative estimate of drug-likeness (QED) is 0.602. The van der Waals surface area contributed by atoms with Crippen molar-refractivity contribution in [2.75, 3.05) is 0 Å². The number of nitrogens with one attached hydrogen (secondary N) is 1. The van der Waals surface area contributed by atoms with Crippen molar-refractivity contribution < 1.29 is 4.79 Å². The Balaban J connectivity index is 2.65. The lowest BCUT2D eigenvalue weighted by atomic mass is 10.1. The number of nitriles is 1. The number of fused-ring (bicyclic) bond motifs is 1. The molecule has 0 saturated carbocycles. The molecule has 0 atom stereocenters. The lowest BCUT2D eigenvalue weighted by Gasteiger charge is -2.00. The third kappa shape index (κ3) is 2.13. The van der Waals surface area contributed by atoms with E-state index in [1.807, 2.05) is 0 Å². The summed E-state index contributed by atoms with van der Waals surface area (Å²) in [4.78, 5) is 25.7. The number of benzene rings is 1. The lowest BCUT2D eigenvalue weighted by molar-refractivity contribution is -0.114. The van der Waals surface area contributed by atoms with Gasteiger partial charge < -0.3 is 10.7 Å². The van der Waals surface area contributed by atoms with E-state index >= 15 is 0 Å². The number of amides is 1. The summed E-state index contributed by atoms with van der Waals surface area (Å²) >= 11 is 0. The standard InChI is InChI=1S/C13H9N3O2/c14-7-8(13(15)18)5-9-6-12(17)10-3-1-2-4-11(10)16-9/h1-6H,(H2,15,18)(H,16,17). The minimum Gasteiger partial charge on any atom is -0.365 e.